The molecule has 0 bridgehead atoms. The highest BCUT2D eigenvalue weighted by Gasteiger charge is 2.38. The molecule has 0 saturated carbocycles. The van der Waals surface area contributed by atoms with Crippen LogP contribution < -0.4 is 10.2 Å². The van der Waals surface area contributed by atoms with E-state index in [4.69, 9.17) is 9.26 Å². The lowest BCUT2D eigenvalue weighted by Crippen LogP contribution is -2.41. The summed E-state index contributed by atoms with van der Waals surface area (Å²) >= 11 is 0. The van der Waals surface area contributed by atoms with Gasteiger partial charge in [0.25, 0.3) is 0 Å². The fourth-order valence-corrected chi connectivity index (χ4v) is 3.79. The van der Waals surface area contributed by atoms with Crippen molar-refractivity contribution in [2.45, 2.75) is 32.0 Å². The number of fused-ring (bicyclic) bond motifs is 1. The number of aliphatic hydroxyl groups is 1. The van der Waals surface area contributed by atoms with Crippen LogP contribution in [0.2, 0.25) is 0 Å². The molecule has 5 rings (SSSR count). The Morgan fingerprint density at radius 3 is 2.88 bits per heavy atom. The van der Waals surface area contributed by atoms with Crippen LogP contribution in [-0.4, -0.2) is 54.6 Å². The second kappa shape index (κ2) is 8.17. The number of anilines is 2. The molecule has 170 valence electrons. The minimum atomic E-state index is -0.770. The van der Waals surface area contributed by atoms with Crippen LogP contribution in [-0.2, 0) is 11.8 Å². The van der Waals surface area contributed by atoms with Gasteiger partial charge in [0.1, 0.15) is 24.5 Å². The van der Waals surface area contributed by atoms with Crippen molar-refractivity contribution in [3.8, 4) is 11.4 Å². The van der Waals surface area contributed by atoms with Gasteiger partial charge in [-0.3, -0.25) is 4.90 Å². The number of carbonyl (C=O) groups excluding carboxylic acids is 1. The molecule has 1 aromatic carbocycles. The van der Waals surface area contributed by atoms with Crippen LogP contribution in [0, 0.1) is 0 Å². The summed E-state index contributed by atoms with van der Waals surface area (Å²) in [7, 11) is 1.99. The minimum Gasteiger partial charge on any atom is -0.447 e. The second-order valence-electron chi connectivity index (χ2n) is 8.02. The van der Waals surface area contributed by atoms with Crippen molar-refractivity contribution >= 4 is 28.8 Å². The van der Waals surface area contributed by atoms with Gasteiger partial charge >= 0.3 is 6.09 Å². The van der Waals surface area contributed by atoms with Gasteiger partial charge in [0.2, 0.25) is 17.7 Å². The molecule has 4 aromatic rings. The summed E-state index contributed by atoms with van der Waals surface area (Å²) in [5.74, 6) is 1.45. The van der Waals surface area contributed by atoms with Gasteiger partial charge in [-0.05, 0) is 37.4 Å². The zero-order valence-electron chi connectivity index (χ0n) is 18.3. The normalized spacial score (nSPS) is 17.9. The van der Waals surface area contributed by atoms with E-state index >= 15 is 0 Å². The standard InChI is InChI=1S/C22H23N7O4/c1-12(20-26-19(27-33-20)15-5-4-14-7-9-28(3)16(14)10-15)24-21-23-8-6-18(25-21)29-17(13(2)30)11-32-22(29)31/h4-10,12-13,17,30H,11H2,1-3H3,(H,23,24,25)/t12-,13+,17?/m0/s1. The van der Waals surface area contributed by atoms with E-state index in [1.807, 2.05) is 49.0 Å². The smallest absolute Gasteiger partial charge is 0.416 e. The molecule has 1 amide bonds. The molecule has 4 heterocycles. The number of cyclic esters (lactones) is 1. The zero-order valence-corrected chi connectivity index (χ0v) is 18.3. The lowest BCUT2D eigenvalue weighted by atomic mass is 10.1. The number of hydrogen-bond acceptors (Lipinski definition) is 9. The molecule has 3 atom stereocenters. The molecular formula is C22H23N7O4. The Labute approximate surface area is 189 Å². The molecule has 1 unspecified atom stereocenters. The summed E-state index contributed by atoms with van der Waals surface area (Å²) in [4.78, 5) is 26.6. The Hall–Kier alpha value is -3.99. The summed E-state index contributed by atoms with van der Waals surface area (Å²) in [6, 6.07) is 8.72. The fourth-order valence-electron chi connectivity index (χ4n) is 3.79. The van der Waals surface area contributed by atoms with Gasteiger partial charge in [0.15, 0.2) is 0 Å². The van der Waals surface area contributed by atoms with Gasteiger partial charge in [-0.15, -0.1) is 0 Å². The first-order valence-corrected chi connectivity index (χ1v) is 10.5. The third kappa shape index (κ3) is 3.87. The average molecular weight is 449 g/mol. The highest BCUT2D eigenvalue weighted by atomic mass is 16.6. The quantitative estimate of drug-likeness (QED) is 0.456. The number of aromatic nitrogens is 5. The molecule has 1 saturated heterocycles. The molecule has 11 heteroatoms. The van der Waals surface area contributed by atoms with E-state index in [1.54, 1.807) is 13.0 Å². The number of carbonyl (C=O) groups is 1. The van der Waals surface area contributed by atoms with Crippen LogP contribution in [0.1, 0.15) is 25.8 Å². The summed E-state index contributed by atoms with van der Waals surface area (Å²) < 4.78 is 12.6. The van der Waals surface area contributed by atoms with E-state index in [9.17, 15) is 9.90 Å². The SMILES string of the molecule is C[C@H](Nc1nccc(N2C(=O)OCC2[C@@H](C)O)n1)c1nc(-c2ccc3ccn(C)c3c2)no1. The van der Waals surface area contributed by atoms with Gasteiger partial charge in [-0.1, -0.05) is 17.3 Å². The van der Waals surface area contributed by atoms with Gasteiger partial charge in [0.05, 0.1) is 6.10 Å². The highest BCUT2D eigenvalue weighted by molar-refractivity contribution is 5.89. The summed E-state index contributed by atoms with van der Waals surface area (Å²) in [5.41, 5.74) is 1.92. The van der Waals surface area contributed by atoms with Crippen molar-refractivity contribution in [2.24, 2.45) is 7.05 Å². The summed E-state index contributed by atoms with van der Waals surface area (Å²) in [5, 5.41) is 18.3. The monoisotopic (exact) mass is 449 g/mol. The van der Waals surface area contributed by atoms with E-state index in [0.717, 1.165) is 16.5 Å². The largest absolute Gasteiger partial charge is 0.447 e. The molecule has 2 N–H and O–H groups in total. The Morgan fingerprint density at radius 1 is 1.21 bits per heavy atom. The molecule has 1 aliphatic heterocycles. The predicted octanol–water partition coefficient (Wildman–Crippen LogP) is 2.90. The number of ether oxygens (including phenoxy) is 1. The van der Waals surface area contributed by atoms with E-state index in [0.29, 0.717) is 17.5 Å². The minimum absolute atomic E-state index is 0.0962. The maximum atomic E-state index is 12.1. The zero-order chi connectivity index (χ0) is 23.1. The fraction of sp³-hybridized carbons (Fsp3) is 0.318. The van der Waals surface area contributed by atoms with Crippen LogP contribution in [0.4, 0.5) is 16.6 Å². The van der Waals surface area contributed by atoms with Crippen molar-refractivity contribution in [3.05, 3.63) is 48.6 Å². The topological polar surface area (TPSA) is 131 Å². The molecule has 11 nitrogen and oxygen atoms in total. The molecule has 1 fully saturated rings. The van der Waals surface area contributed by atoms with Crippen molar-refractivity contribution < 1.29 is 19.2 Å². The summed E-state index contributed by atoms with van der Waals surface area (Å²) in [6.07, 6.45) is 2.20. The first-order valence-electron chi connectivity index (χ1n) is 10.5. The molecule has 0 spiro atoms. The van der Waals surface area contributed by atoms with E-state index in [1.165, 1.54) is 11.1 Å². The Morgan fingerprint density at radius 2 is 2.06 bits per heavy atom. The number of rotatable bonds is 6. The van der Waals surface area contributed by atoms with E-state index < -0.39 is 24.3 Å². The first kappa shape index (κ1) is 20.9. The maximum Gasteiger partial charge on any atom is 0.416 e. The summed E-state index contributed by atoms with van der Waals surface area (Å²) in [6.45, 7) is 3.54. The van der Waals surface area contributed by atoms with E-state index in [-0.39, 0.29) is 12.6 Å². The van der Waals surface area contributed by atoms with Crippen molar-refractivity contribution in [1.82, 2.24) is 24.7 Å². The first-order chi connectivity index (χ1) is 15.9. The van der Waals surface area contributed by atoms with Gasteiger partial charge in [-0.25, -0.2) is 9.78 Å². The lowest BCUT2D eigenvalue weighted by molar-refractivity contribution is 0.142. The number of benzene rings is 1. The molecule has 0 radical (unpaired) electrons. The Kier molecular flexibility index (Phi) is 5.17. The molecule has 3 aromatic heterocycles. The maximum absolute atomic E-state index is 12.1. The Balaban J connectivity index is 1.34. The molecule has 33 heavy (non-hydrogen) atoms. The number of amides is 1. The third-order valence-electron chi connectivity index (χ3n) is 5.65. The molecule has 0 aliphatic carbocycles. The Bertz CT molecular complexity index is 1320. The van der Waals surface area contributed by atoms with Gasteiger partial charge in [0, 0.05) is 30.5 Å². The van der Waals surface area contributed by atoms with Crippen molar-refractivity contribution in [1.29, 1.82) is 0 Å². The average Bonchev–Trinajstić information content (AvgIpc) is 3.53. The predicted molar refractivity (Wildman–Crippen MR) is 120 cm³/mol. The van der Waals surface area contributed by atoms with Crippen LogP contribution in [0.25, 0.3) is 22.3 Å². The molecular weight excluding hydrogens is 426 g/mol. The highest BCUT2D eigenvalue weighted by Crippen LogP contribution is 2.26. The second-order valence-corrected chi connectivity index (χ2v) is 8.02. The number of nitrogens with one attached hydrogen (secondary N) is 1. The number of hydrogen-bond donors (Lipinski definition) is 2. The van der Waals surface area contributed by atoms with E-state index in [2.05, 4.69) is 25.4 Å². The lowest BCUT2D eigenvalue weighted by Gasteiger charge is -2.22. The van der Waals surface area contributed by atoms with Crippen molar-refractivity contribution in [2.75, 3.05) is 16.8 Å². The number of aliphatic hydroxyl groups excluding tert-OH is 1. The third-order valence-corrected chi connectivity index (χ3v) is 5.65. The van der Waals surface area contributed by atoms with Crippen LogP contribution in [0.3, 0.4) is 0 Å². The van der Waals surface area contributed by atoms with Crippen LogP contribution in [0.15, 0.2) is 47.2 Å². The number of nitrogens with zero attached hydrogens (tertiary/aromatic N) is 6. The van der Waals surface area contributed by atoms with Crippen molar-refractivity contribution in [3.63, 3.8) is 0 Å². The number of aryl methyl sites for hydroxylation is 1. The van der Waals surface area contributed by atoms with Crippen LogP contribution in [0.5, 0.6) is 0 Å². The van der Waals surface area contributed by atoms with Gasteiger partial charge < -0.3 is 24.3 Å². The van der Waals surface area contributed by atoms with Crippen LogP contribution >= 0.6 is 0 Å². The molecule has 1 aliphatic rings. The van der Waals surface area contributed by atoms with Gasteiger partial charge in [-0.2, -0.15) is 9.97 Å².